The first kappa shape index (κ1) is 21.7. The minimum Gasteiger partial charge on any atom is -0.244 e. The molecule has 4 aromatic carbocycles. The number of thiophene rings is 2. The Balaban J connectivity index is 1.57. The number of aryl methyl sites for hydroxylation is 4. The summed E-state index contributed by atoms with van der Waals surface area (Å²) in [4.78, 5) is 15.9. The number of hydrogen-bond donors (Lipinski definition) is 0. The van der Waals surface area contributed by atoms with E-state index in [1.807, 2.05) is 22.7 Å². The van der Waals surface area contributed by atoms with Crippen LogP contribution < -0.4 is 0 Å². The zero-order chi connectivity index (χ0) is 24.6. The van der Waals surface area contributed by atoms with Crippen LogP contribution >= 0.6 is 22.7 Å². The number of aromatic nitrogens is 2. The molecule has 7 aromatic rings. The minimum atomic E-state index is 0.978. The third-order valence-corrected chi connectivity index (χ3v) is 9.34. The molecule has 0 spiro atoms. The molecule has 0 aliphatic heterocycles. The van der Waals surface area contributed by atoms with E-state index in [4.69, 9.17) is 9.97 Å². The maximum atomic E-state index is 5.38. The summed E-state index contributed by atoms with van der Waals surface area (Å²) in [6.07, 6.45) is 0. The van der Waals surface area contributed by atoms with Gasteiger partial charge < -0.3 is 0 Å². The van der Waals surface area contributed by atoms with Gasteiger partial charge in [-0.3, -0.25) is 0 Å². The van der Waals surface area contributed by atoms with Crippen LogP contribution in [-0.4, -0.2) is 9.97 Å². The van der Waals surface area contributed by atoms with Crippen LogP contribution in [0.3, 0.4) is 0 Å². The van der Waals surface area contributed by atoms with E-state index in [0.29, 0.717) is 0 Å². The van der Waals surface area contributed by atoms with Gasteiger partial charge in [0.1, 0.15) is 0 Å². The number of rotatable bonds is 2. The molecule has 0 bridgehead atoms. The van der Waals surface area contributed by atoms with E-state index in [2.05, 4.69) is 100 Å². The Morgan fingerprint density at radius 3 is 1.69 bits per heavy atom. The first-order valence-electron chi connectivity index (χ1n) is 12.2. The van der Waals surface area contributed by atoms with Crippen molar-refractivity contribution in [2.24, 2.45) is 0 Å². The van der Waals surface area contributed by atoms with Gasteiger partial charge >= 0.3 is 0 Å². The number of benzene rings is 4. The molecule has 7 rings (SSSR count). The Morgan fingerprint density at radius 1 is 0.472 bits per heavy atom. The van der Waals surface area contributed by atoms with Gasteiger partial charge in [-0.15, -0.1) is 22.7 Å². The van der Waals surface area contributed by atoms with E-state index in [1.165, 1.54) is 46.8 Å². The molecule has 0 fully saturated rings. The molecule has 0 saturated carbocycles. The highest BCUT2D eigenvalue weighted by Crippen LogP contribution is 2.41. The first-order valence-corrected chi connectivity index (χ1v) is 13.8. The van der Waals surface area contributed by atoms with E-state index in [1.54, 1.807) is 0 Å². The van der Waals surface area contributed by atoms with Crippen molar-refractivity contribution in [3.05, 3.63) is 94.4 Å². The van der Waals surface area contributed by atoms with Crippen LogP contribution in [0, 0.1) is 27.7 Å². The molecule has 4 heteroatoms. The van der Waals surface area contributed by atoms with Gasteiger partial charge in [0.15, 0.2) is 0 Å². The predicted molar refractivity (Wildman–Crippen MR) is 158 cm³/mol. The van der Waals surface area contributed by atoms with Crippen LogP contribution in [0.2, 0.25) is 0 Å². The lowest BCUT2D eigenvalue weighted by atomic mass is 9.96. The van der Waals surface area contributed by atoms with Crippen LogP contribution in [0.1, 0.15) is 21.6 Å². The molecule has 36 heavy (non-hydrogen) atoms. The van der Waals surface area contributed by atoms with Crippen LogP contribution in [0.25, 0.3) is 63.8 Å². The monoisotopic (exact) mass is 500 g/mol. The zero-order valence-electron chi connectivity index (χ0n) is 20.6. The fourth-order valence-electron chi connectivity index (χ4n) is 5.20. The van der Waals surface area contributed by atoms with Gasteiger partial charge in [-0.05, 0) is 68.3 Å². The van der Waals surface area contributed by atoms with Crippen molar-refractivity contribution in [3.8, 4) is 20.2 Å². The summed E-state index contributed by atoms with van der Waals surface area (Å²) in [6, 6.07) is 26.6. The predicted octanol–water partition coefficient (Wildman–Crippen LogP) is 9.78. The lowest BCUT2D eigenvalue weighted by Gasteiger charge is -2.13. The first-order chi connectivity index (χ1) is 17.5. The fraction of sp³-hybridized carbons (Fsp3) is 0.125. The quantitative estimate of drug-likeness (QED) is 0.174. The van der Waals surface area contributed by atoms with Crippen molar-refractivity contribution in [2.45, 2.75) is 27.7 Å². The van der Waals surface area contributed by atoms with Crippen molar-refractivity contribution in [1.29, 1.82) is 0 Å². The van der Waals surface area contributed by atoms with Crippen LogP contribution in [0.4, 0.5) is 0 Å². The van der Waals surface area contributed by atoms with Crippen molar-refractivity contribution >= 4 is 66.3 Å². The van der Waals surface area contributed by atoms with Gasteiger partial charge in [-0.25, -0.2) is 9.97 Å². The molecule has 0 atom stereocenters. The lowest BCUT2D eigenvalue weighted by Crippen LogP contribution is -1.95. The highest BCUT2D eigenvalue weighted by molar-refractivity contribution is 7.23. The van der Waals surface area contributed by atoms with E-state index >= 15 is 0 Å². The third-order valence-electron chi connectivity index (χ3n) is 7.03. The largest absolute Gasteiger partial charge is 0.244 e. The second-order valence-electron chi connectivity index (χ2n) is 9.72. The summed E-state index contributed by atoms with van der Waals surface area (Å²) in [7, 11) is 0. The van der Waals surface area contributed by atoms with E-state index in [-0.39, 0.29) is 0 Å². The van der Waals surface area contributed by atoms with Crippen LogP contribution in [0.15, 0.2) is 72.8 Å². The summed E-state index contributed by atoms with van der Waals surface area (Å²) in [5.74, 6) is 0. The van der Waals surface area contributed by atoms with E-state index in [0.717, 1.165) is 38.6 Å². The van der Waals surface area contributed by atoms with Gasteiger partial charge in [0.25, 0.3) is 0 Å². The maximum absolute atomic E-state index is 5.38. The molecule has 0 N–H and O–H groups in total. The molecule has 0 amide bonds. The Morgan fingerprint density at radius 2 is 1.06 bits per heavy atom. The molecular weight excluding hydrogens is 477 g/mol. The summed E-state index contributed by atoms with van der Waals surface area (Å²) >= 11 is 3.68. The van der Waals surface area contributed by atoms with Crippen LogP contribution in [-0.2, 0) is 0 Å². The number of fused-ring (bicyclic) bond motifs is 7. The lowest BCUT2D eigenvalue weighted by molar-refractivity contribution is 1.37. The van der Waals surface area contributed by atoms with Crippen molar-refractivity contribution in [2.75, 3.05) is 0 Å². The van der Waals surface area contributed by atoms with Crippen molar-refractivity contribution in [1.82, 2.24) is 9.97 Å². The highest BCUT2D eigenvalue weighted by Gasteiger charge is 2.17. The summed E-state index contributed by atoms with van der Waals surface area (Å²) in [5, 5.41) is 4.82. The normalized spacial score (nSPS) is 11.9. The Bertz CT molecular complexity index is 1990. The number of hydrogen-bond acceptors (Lipinski definition) is 4. The smallest absolute Gasteiger partial charge is 0.0984 e. The van der Waals surface area contributed by atoms with Gasteiger partial charge in [0, 0.05) is 35.8 Å². The molecule has 0 aliphatic rings. The summed E-state index contributed by atoms with van der Waals surface area (Å²) < 4.78 is 0. The van der Waals surface area contributed by atoms with E-state index in [9.17, 15) is 0 Å². The van der Waals surface area contributed by atoms with Gasteiger partial charge in [-0.1, -0.05) is 59.7 Å². The zero-order valence-corrected chi connectivity index (χ0v) is 22.3. The molecule has 0 radical (unpaired) electrons. The number of nitrogens with zero attached hydrogens (tertiary/aromatic N) is 2. The average molecular weight is 501 g/mol. The molecule has 0 aliphatic carbocycles. The molecule has 3 heterocycles. The minimum absolute atomic E-state index is 0.978. The van der Waals surface area contributed by atoms with Gasteiger partial charge in [-0.2, -0.15) is 0 Å². The molecule has 2 nitrogen and oxygen atoms in total. The molecule has 174 valence electrons. The summed E-state index contributed by atoms with van der Waals surface area (Å²) in [6.45, 7) is 8.61. The fourth-order valence-corrected chi connectivity index (χ4v) is 7.19. The second-order valence-corrected chi connectivity index (χ2v) is 12.1. The van der Waals surface area contributed by atoms with Crippen molar-refractivity contribution < 1.29 is 0 Å². The SMILES string of the molecule is Cc1ccc2c(c1)c1cc(C)ccc1c1nc3c(-c4ccc(-c5ccc(C)s5)s4)ccc(C)c3nc21. The highest BCUT2D eigenvalue weighted by atomic mass is 32.1. The van der Waals surface area contributed by atoms with Gasteiger partial charge in [0.2, 0.25) is 0 Å². The topological polar surface area (TPSA) is 25.8 Å². The maximum Gasteiger partial charge on any atom is 0.0984 e. The Labute approximate surface area is 217 Å². The standard InChI is InChI=1S/C32H24N2S2/c1-17-5-9-21-24(15-17)25-16-18(2)6-10-22(25)31-30(21)33-29-19(3)7-11-23(32(29)34-31)26-13-14-28(36-26)27-12-8-20(4)35-27/h5-16H,1-4H3. The van der Waals surface area contributed by atoms with E-state index < -0.39 is 0 Å². The Kier molecular flexibility index (Phi) is 4.79. The Hall–Kier alpha value is -3.60. The average Bonchev–Trinajstić information content (AvgIpc) is 3.53. The molecule has 0 unspecified atom stereocenters. The summed E-state index contributed by atoms with van der Waals surface area (Å²) in [5.41, 5.74) is 8.73. The molecule has 0 saturated heterocycles. The molecular formula is C32H24N2S2. The van der Waals surface area contributed by atoms with Gasteiger partial charge in [0.05, 0.1) is 22.1 Å². The van der Waals surface area contributed by atoms with Crippen LogP contribution in [0.5, 0.6) is 0 Å². The molecule has 3 aromatic heterocycles. The van der Waals surface area contributed by atoms with Crippen molar-refractivity contribution in [3.63, 3.8) is 0 Å². The second kappa shape index (κ2) is 7.95. The third kappa shape index (κ3) is 3.29.